The van der Waals surface area contributed by atoms with Crippen LogP contribution in [-0.4, -0.2) is 14.1 Å². The molecule has 2 heteroatoms. The molecule has 0 saturated heterocycles. The van der Waals surface area contributed by atoms with E-state index in [2.05, 4.69) is 48.2 Å². The van der Waals surface area contributed by atoms with Crippen molar-refractivity contribution in [2.45, 2.75) is 0 Å². The van der Waals surface area contributed by atoms with Gasteiger partial charge in [-0.2, -0.15) is 0 Å². The number of benzene rings is 1. The average Bonchev–Trinajstić information content (AvgIpc) is 2.17. The molecular formula is C11H13N2+. The second-order valence-corrected chi connectivity index (χ2v) is 3.32. The lowest BCUT2D eigenvalue weighted by Crippen LogP contribution is -2.09. The van der Waals surface area contributed by atoms with E-state index in [-0.39, 0.29) is 0 Å². The third kappa shape index (κ3) is 1.35. The highest BCUT2D eigenvalue weighted by Crippen LogP contribution is 2.23. The largest absolute Gasteiger partial charge is 0.377 e. The number of H-pyrrole nitrogens is 1. The summed E-state index contributed by atoms with van der Waals surface area (Å²) >= 11 is 0. The molecule has 0 atom stereocenters. The van der Waals surface area contributed by atoms with E-state index < -0.39 is 0 Å². The SMILES string of the molecule is CN(C)c1cccc2c[nH+]ccc12. The van der Waals surface area contributed by atoms with Gasteiger partial charge in [-0.3, -0.25) is 0 Å². The van der Waals surface area contributed by atoms with Crippen LogP contribution in [0.1, 0.15) is 0 Å². The minimum atomic E-state index is 1.24. The number of pyridine rings is 1. The zero-order chi connectivity index (χ0) is 9.26. The molecule has 0 aliphatic carbocycles. The zero-order valence-electron chi connectivity index (χ0n) is 7.91. The van der Waals surface area contributed by atoms with Gasteiger partial charge in [0.1, 0.15) is 0 Å². The first-order chi connectivity index (χ1) is 6.29. The third-order valence-electron chi connectivity index (χ3n) is 2.18. The van der Waals surface area contributed by atoms with E-state index >= 15 is 0 Å². The number of nitrogens with zero attached hydrogens (tertiary/aromatic N) is 1. The molecule has 2 aromatic rings. The molecule has 0 unspecified atom stereocenters. The number of hydrogen-bond donors (Lipinski definition) is 0. The first kappa shape index (κ1) is 8.05. The van der Waals surface area contributed by atoms with Crippen LogP contribution in [0, 0.1) is 0 Å². The molecular weight excluding hydrogens is 160 g/mol. The molecule has 0 spiro atoms. The summed E-state index contributed by atoms with van der Waals surface area (Å²) in [5, 5.41) is 2.53. The number of fused-ring (bicyclic) bond motifs is 1. The molecule has 1 heterocycles. The molecule has 0 fully saturated rings. The van der Waals surface area contributed by atoms with Crippen molar-refractivity contribution in [1.82, 2.24) is 0 Å². The molecule has 1 aromatic carbocycles. The van der Waals surface area contributed by atoms with Gasteiger partial charge in [0.25, 0.3) is 0 Å². The predicted octanol–water partition coefficient (Wildman–Crippen LogP) is 1.72. The number of anilines is 1. The lowest BCUT2D eigenvalue weighted by atomic mass is 10.1. The van der Waals surface area contributed by atoms with Crippen LogP contribution in [0.25, 0.3) is 10.8 Å². The van der Waals surface area contributed by atoms with Crippen molar-refractivity contribution in [3.63, 3.8) is 0 Å². The van der Waals surface area contributed by atoms with Crippen molar-refractivity contribution in [3.05, 3.63) is 36.7 Å². The van der Waals surface area contributed by atoms with Crippen molar-refractivity contribution in [2.24, 2.45) is 0 Å². The summed E-state index contributed by atoms with van der Waals surface area (Å²) in [7, 11) is 4.12. The summed E-state index contributed by atoms with van der Waals surface area (Å²) in [6.07, 6.45) is 3.97. The number of rotatable bonds is 1. The Hall–Kier alpha value is -1.57. The first-order valence-electron chi connectivity index (χ1n) is 4.35. The Morgan fingerprint density at radius 1 is 1.15 bits per heavy atom. The van der Waals surface area contributed by atoms with E-state index in [1.165, 1.54) is 16.5 Å². The fraction of sp³-hybridized carbons (Fsp3) is 0.182. The molecule has 0 aliphatic heterocycles. The second kappa shape index (κ2) is 3.05. The maximum absolute atomic E-state index is 3.08. The Labute approximate surface area is 77.8 Å². The summed E-state index contributed by atoms with van der Waals surface area (Å²) in [4.78, 5) is 5.21. The summed E-state index contributed by atoms with van der Waals surface area (Å²) in [5.74, 6) is 0. The summed E-state index contributed by atoms with van der Waals surface area (Å²) in [6.45, 7) is 0. The van der Waals surface area contributed by atoms with E-state index in [0.717, 1.165) is 0 Å². The summed E-state index contributed by atoms with van der Waals surface area (Å²) < 4.78 is 0. The number of nitrogens with one attached hydrogen (secondary N) is 1. The van der Waals surface area contributed by atoms with Crippen LogP contribution in [0.15, 0.2) is 36.7 Å². The fourth-order valence-corrected chi connectivity index (χ4v) is 1.54. The van der Waals surface area contributed by atoms with Gasteiger partial charge in [-0.25, -0.2) is 4.98 Å². The predicted molar refractivity (Wildman–Crippen MR) is 54.8 cm³/mol. The van der Waals surface area contributed by atoms with Crippen LogP contribution in [0.2, 0.25) is 0 Å². The molecule has 0 bridgehead atoms. The Bertz CT molecular complexity index is 416. The highest BCUT2D eigenvalue weighted by atomic mass is 15.1. The lowest BCUT2D eigenvalue weighted by molar-refractivity contribution is -0.375. The van der Waals surface area contributed by atoms with Crippen molar-refractivity contribution in [1.29, 1.82) is 0 Å². The van der Waals surface area contributed by atoms with Gasteiger partial charge in [0, 0.05) is 36.6 Å². The van der Waals surface area contributed by atoms with Crippen LogP contribution >= 0.6 is 0 Å². The molecule has 0 radical (unpaired) electrons. The summed E-state index contributed by atoms with van der Waals surface area (Å²) in [5.41, 5.74) is 1.26. The van der Waals surface area contributed by atoms with E-state index in [0.29, 0.717) is 0 Å². The van der Waals surface area contributed by atoms with Gasteiger partial charge in [-0.05, 0) is 12.1 Å². The van der Waals surface area contributed by atoms with Crippen LogP contribution in [0.3, 0.4) is 0 Å². The second-order valence-electron chi connectivity index (χ2n) is 3.32. The molecule has 1 N–H and O–H groups in total. The van der Waals surface area contributed by atoms with Gasteiger partial charge >= 0.3 is 0 Å². The average molecular weight is 173 g/mol. The minimum absolute atomic E-state index is 1.24. The highest BCUT2D eigenvalue weighted by molar-refractivity contribution is 5.92. The molecule has 0 amide bonds. The van der Waals surface area contributed by atoms with Crippen LogP contribution in [0.5, 0.6) is 0 Å². The Morgan fingerprint density at radius 2 is 2.00 bits per heavy atom. The molecule has 1 aromatic heterocycles. The Balaban J connectivity index is 2.76. The monoisotopic (exact) mass is 173 g/mol. The topological polar surface area (TPSA) is 17.4 Å². The fourth-order valence-electron chi connectivity index (χ4n) is 1.54. The van der Waals surface area contributed by atoms with Crippen LogP contribution in [-0.2, 0) is 0 Å². The normalized spacial score (nSPS) is 10.3. The maximum atomic E-state index is 3.08. The van der Waals surface area contributed by atoms with Crippen molar-refractivity contribution in [3.8, 4) is 0 Å². The number of hydrogen-bond acceptors (Lipinski definition) is 1. The van der Waals surface area contributed by atoms with Gasteiger partial charge < -0.3 is 4.90 Å². The quantitative estimate of drug-likeness (QED) is 0.642. The Kier molecular flexibility index (Phi) is 1.89. The highest BCUT2D eigenvalue weighted by Gasteiger charge is 2.02. The standard InChI is InChI=1S/C11H12N2/c1-13(2)11-5-3-4-9-8-12-7-6-10(9)11/h3-8H,1-2H3/p+1. The molecule has 0 saturated carbocycles. The molecule has 2 rings (SSSR count). The van der Waals surface area contributed by atoms with Crippen molar-refractivity contribution >= 4 is 16.5 Å². The number of aromatic nitrogens is 1. The van der Waals surface area contributed by atoms with Gasteiger partial charge in [-0.1, -0.05) is 6.07 Å². The van der Waals surface area contributed by atoms with Gasteiger partial charge in [-0.15, -0.1) is 0 Å². The molecule has 0 aliphatic rings. The van der Waals surface area contributed by atoms with Crippen LogP contribution in [0.4, 0.5) is 5.69 Å². The van der Waals surface area contributed by atoms with E-state index in [4.69, 9.17) is 0 Å². The summed E-state index contributed by atoms with van der Waals surface area (Å²) in [6, 6.07) is 8.41. The van der Waals surface area contributed by atoms with Crippen molar-refractivity contribution in [2.75, 3.05) is 19.0 Å². The maximum Gasteiger partial charge on any atom is 0.174 e. The van der Waals surface area contributed by atoms with Gasteiger partial charge in [0.15, 0.2) is 12.4 Å². The first-order valence-corrected chi connectivity index (χ1v) is 4.35. The van der Waals surface area contributed by atoms with E-state index in [1.54, 1.807) is 0 Å². The zero-order valence-corrected chi connectivity index (χ0v) is 7.91. The van der Waals surface area contributed by atoms with E-state index in [9.17, 15) is 0 Å². The van der Waals surface area contributed by atoms with Gasteiger partial charge in [0.2, 0.25) is 0 Å². The lowest BCUT2D eigenvalue weighted by Gasteiger charge is -2.13. The van der Waals surface area contributed by atoms with Gasteiger partial charge in [0.05, 0.1) is 0 Å². The molecule has 13 heavy (non-hydrogen) atoms. The Morgan fingerprint density at radius 3 is 2.77 bits per heavy atom. The van der Waals surface area contributed by atoms with Crippen molar-refractivity contribution < 1.29 is 4.98 Å². The molecule has 66 valence electrons. The molecule has 2 nitrogen and oxygen atoms in total. The minimum Gasteiger partial charge on any atom is -0.377 e. The van der Waals surface area contributed by atoms with E-state index in [1.807, 2.05) is 12.4 Å². The third-order valence-corrected chi connectivity index (χ3v) is 2.18. The van der Waals surface area contributed by atoms with Crippen LogP contribution < -0.4 is 9.88 Å². The smallest absolute Gasteiger partial charge is 0.174 e. The number of aromatic amines is 1.